The normalized spacial score (nSPS) is 19.1. The van der Waals surface area contributed by atoms with E-state index in [1.807, 2.05) is 49.4 Å². The van der Waals surface area contributed by atoms with Gasteiger partial charge in [-0.2, -0.15) is 0 Å². The van der Waals surface area contributed by atoms with Gasteiger partial charge in [0, 0.05) is 24.4 Å². The first-order chi connectivity index (χ1) is 11.5. The number of benzene rings is 2. The summed E-state index contributed by atoms with van der Waals surface area (Å²) in [7, 11) is 0. The Kier molecular flexibility index (Phi) is 4.56. The molecule has 1 N–H and O–H groups in total. The van der Waals surface area contributed by atoms with Gasteiger partial charge in [0.05, 0.1) is 11.6 Å². The second-order valence-corrected chi connectivity index (χ2v) is 6.94. The van der Waals surface area contributed by atoms with Crippen LogP contribution in [0.2, 0.25) is 0 Å². The van der Waals surface area contributed by atoms with Crippen LogP contribution >= 0.6 is 0 Å². The van der Waals surface area contributed by atoms with Crippen LogP contribution in [0.25, 0.3) is 10.8 Å². The van der Waals surface area contributed by atoms with Gasteiger partial charge in [0.25, 0.3) is 0 Å². The molecule has 4 nitrogen and oxygen atoms in total. The molecule has 2 aromatic carbocycles. The number of hydrogen-bond donors (Lipinski definition) is 1. The maximum absolute atomic E-state index is 12.5. The molecule has 1 fully saturated rings. The molecule has 2 atom stereocenters. The monoisotopic (exact) mass is 324 g/mol. The van der Waals surface area contributed by atoms with E-state index in [9.17, 15) is 9.59 Å². The van der Waals surface area contributed by atoms with E-state index in [1.54, 1.807) is 4.90 Å². The Morgan fingerprint density at radius 2 is 1.83 bits per heavy atom. The van der Waals surface area contributed by atoms with Gasteiger partial charge in [0.2, 0.25) is 11.8 Å². The molecule has 0 aromatic heterocycles. The highest BCUT2D eigenvalue weighted by Gasteiger charge is 2.36. The molecule has 0 spiro atoms. The lowest BCUT2D eigenvalue weighted by molar-refractivity contribution is -0.127. The highest BCUT2D eigenvalue weighted by atomic mass is 16.2. The second kappa shape index (κ2) is 6.63. The molecule has 2 unspecified atom stereocenters. The number of fused-ring (bicyclic) bond motifs is 1. The van der Waals surface area contributed by atoms with Crippen molar-refractivity contribution in [1.82, 2.24) is 5.32 Å². The minimum Gasteiger partial charge on any atom is -0.353 e. The van der Waals surface area contributed by atoms with Crippen molar-refractivity contribution in [3.63, 3.8) is 0 Å². The molecule has 1 heterocycles. The van der Waals surface area contributed by atoms with Crippen LogP contribution in [0.3, 0.4) is 0 Å². The summed E-state index contributed by atoms with van der Waals surface area (Å²) < 4.78 is 0. The maximum atomic E-state index is 12.5. The number of carbonyl (C=O) groups excluding carboxylic acids is 2. The molecule has 0 bridgehead atoms. The van der Waals surface area contributed by atoms with Gasteiger partial charge in [0.1, 0.15) is 0 Å². The minimum absolute atomic E-state index is 0.0173. The molecular weight excluding hydrogens is 300 g/mol. The van der Waals surface area contributed by atoms with E-state index in [0.29, 0.717) is 12.5 Å². The molecule has 2 aromatic rings. The average molecular weight is 324 g/mol. The number of amides is 2. The van der Waals surface area contributed by atoms with E-state index < -0.39 is 0 Å². The van der Waals surface area contributed by atoms with Crippen LogP contribution in [0.5, 0.6) is 0 Å². The number of rotatable bonds is 4. The van der Waals surface area contributed by atoms with Crippen LogP contribution in [-0.2, 0) is 9.59 Å². The maximum Gasteiger partial charge on any atom is 0.227 e. The first-order valence-corrected chi connectivity index (χ1v) is 8.56. The highest BCUT2D eigenvalue weighted by Crippen LogP contribution is 2.31. The largest absolute Gasteiger partial charge is 0.353 e. The van der Waals surface area contributed by atoms with Gasteiger partial charge >= 0.3 is 0 Å². The Bertz CT molecular complexity index is 764. The summed E-state index contributed by atoms with van der Waals surface area (Å²) in [6.45, 7) is 6.60. The summed E-state index contributed by atoms with van der Waals surface area (Å²) in [6.07, 6.45) is 0.278. The SMILES string of the molecule is CC(C)C(C)NC(=O)C1CC(=O)N(c2cccc3ccccc23)C1. The van der Waals surface area contributed by atoms with Gasteiger partial charge in [-0.15, -0.1) is 0 Å². The van der Waals surface area contributed by atoms with Gasteiger partial charge in [-0.25, -0.2) is 0 Å². The molecule has 1 aliphatic heterocycles. The quantitative estimate of drug-likeness (QED) is 0.937. The standard InChI is InChI=1S/C20H24N2O2/c1-13(2)14(3)21-20(24)16-11-19(23)22(12-16)18-10-6-8-15-7-4-5-9-17(15)18/h4-10,13-14,16H,11-12H2,1-3H3,(H,21,24). The highest BCUT2D eigenvalue weighted by molar-refractivity contribution is 6.06. The second-order valence-electron chi connectivity index (χ2n) is 6.94. The lowest BCUT2D eigenvalue weighted by atomic mass is 10.0. The predicted octanol–water partition coefficient (Wildman–Crippen LogP) is 3.35. The van der Waals surface area contributed by atoms with Crippen molar-refractivity contribution in [2.45, 2.75) is 33.2 Å². The molecule has 1 saturated heterocycles. The minimum atomic E-state index is -0.280. The van der Waals surface area contributed by atoms with Gasteiger partial charge in [-0.05, 0) is 24.3 Å². The molecule has 0 aliphatic carbocycles. The molecule has 126 valence electrons. The van der Waals surface area contributed by atoms with E-state index in [4.69, 9.17) is 0 Å². The fourth-order valence-electron chi connectivity index (χ4n) is 3.07. The molecule has 3 rings (SSSR count). The molecule has 0 radical (unpaired) electrons. The number of nitrogens with zero attached hydrogens (tertiary/aromatic N) is 1. The van der Waals surface area contributed by atoms with Crippen LogP contribution in [0.1, 0.15) is 27.2 Å². The van der Waals surface area contributed by atoms with Crippen LogP contribution in [0, 0.1) is 11.8 Å². The average Bonchev–Trinajstić information content (AvgIpc) is 2.96. The van der Waals surface area contributed by atoms with E-state index in [0.717, 1.165) is 16.5 Å². The van der Waals surface area contributed by atoms with Crippen molar-refractivity contribution in [2.24, 2.45) is 11.8 Å². The lowest BCUT2D eigenvalue weighted by Crippen LogP contribution is -2.40. The summed E-state index contributed by atoms with van der Waals surface area (Å²) in [4.78, 5) is 26.7. The van der Waals surface area contributed by atoms with Crippen molar-refractivity contribution >= 4 is 28.3 Å². The predicted molar refractivity (Wildman–Crippen MR) is 96.9 cm³/mol. The van der Waals surface area contributed by atoms with Gasteiger partial charge in [-0.1, -0.05) is 50.2 Å². The lowest BCUT2D eigenvalue weighted by Gasteiger charge is -2.21. The Labute approximate surface area is 142 Å². The summed E-state index contributed by atoms with van der Waals surface area (Å²) in [6, 6.07) is 14.1. The van der Waals surface area contributed by atoms with Crippen molar-refractivity contribution < 1.29 is 9.59 Å². The Morgan fingerprint density at radius 1 is 1.12 bits per heavy atom. The summed E-state index contributed by atoms with van der Waals surface area (Å²) in [5.74, 6) is 0.0916. The smallest absolute Gasteiger partial charge is 0.227 e. The van der Waals surface area contributed by atoms with Crippen LogP contribution in [-0.4, -0.2) is 24.4 Å². The number of anilines is 1. The topological polar surface area (TPSA) is 49.4 Å². The summed E-state index contributed by atoms with van der Waals surface area (Å²) >= 11 is 0. The third kappa shape index (κ3) is 3.14. The van der Waals surface area contributed by atoms with Crippen molar-refractivity contribution in [2.75, 3.05) is 11.4 Å². The molecule has 24 heavy (non-hydrogen) atoms. The van der Waals surface area contributed by atoms with Gasteiger partial charge in [-0.3, -0.25) is 9.59 Å². The molecular formula is C20H24N2O2. The Morgan fingerprint density at radius 3 is 2.58 bits per heavy atom. The van der Waals surface area contributed by atoms with Crippen molar-refractivity contribution in [3.05, 3.63) is 42.5 Å². The van der Waals surface area contributed by atoms with Gasteiger partial charge < -0.3 is 10.2 Å². The third-order valence-corrected chi connectivity index (χ3v) is 4.92. The number of nitrogens with one attached hydrogen (secondary N) is 1. The number of hydrogen-bond acceptors (Lipinski definition) is 2. The van der Waals surface area contributed by atoms with E-state index in [2.05, 4.69) is 19.2 Å². The third-order valence-electron chi connectivity index (χ3n) is 4.92. The van der Waals surface area contributed by atoms with Crippen LogP contribution < -0.4 is 10.2 Å². The molecule has 4 heteroatoms. The zero-order chi connectivity index (χ0) is 17.3. The summed E-state index contributed by atoms with van der Waals surface area (Å²) in [5.41, 5.74) is 0.894. The fourth-order valence-corrected chi connectivity index (χ4v) is 3.07. The molecule has 2 amide bonds. The summed E-state index contributed by atoms with van der Waals surface area (Å²) in [5, 5.41) is 5.18. The fraction of sp³-hybridized carbons (Fsp3) is 0.400. The van der Waals surface area contributed by atoms with Crippen molar-refractivity contribution in [3.8, 4) is 0 Å². The number of carbonyl (C=O) groups is 2. The first-order valence-electron chi connectivity index (χ1n) is 8.56. The van der Waals surface area contributed by atoms with Crippen LogP contribution in [0.15, 0.2) is 42.5 Å². The van der Waals surface area contributed by atoms with Gasteiger partial charge in [0.15, 0.2) is 0 Å². The van der Waals surface area contributed by atoms with E-state index in [-0.39, 0.29) is 30.2 Å². The molecule has 0 saturated carbocycles. The zero-order valence-electron chi connectivity index (χ0n) is 14.5. The first kappa shape index (κ1) is 16.5. The Hall–Kier alpha value is -2.36. The molecule has 1 aliphatic rings. The zero-order valence-corrected chi connectivity index (χ0v) is 14.5. The Balaban J connectivity index is 1.81. The van der Waals surface area contributed by atoms with E-state index in [1.165, 1.54) is 0 Å². The van der Waals surface area contributed by atoms with E-state index >= 15 is 0 Å². The van der Waals surface area contributed by atoms with Crippen LogP contribution in [0.4, 0.5) is 5.69 Å². The van der Waals surface area contributed by atoms with Crippen molar-refractivity contribution in [1.29, 1.82) is 0 Å².